The molecule has 1 heterocycles. The quantitative estimate of drug-likeness (QED) is 0.109. The van der Waals surface area contributed by atoms with Crippen LogP contribution >= 0.6 is 46.4 Å². The lowest BCUT2D eigenvalue weighted by atomic mass is 10.1. The van der Waals surface area contributed by atoms with Gasteiger partial charge in [0.05, 0.1) is 64.2 Å². The Balaban J connectivity index is 1.90. The van der Waals surface area contributed by atoms with E-state index in [9.17, 15) is 9.59 Å². The summed E-state index contributed by atoms with van der Waals surface area (Å²) in [5, 5.41) is 2.95. The number of halogens is 4. The van der Waals surface area contributed by atoms with E-state index in [1.54, 1.807) is 0 Å². The highest BCUT2D eigenvalue weighted by Gasteiger charge is 2.41. The summed E-state index contributed by atoms with van der Waals surface area (Å²) in [5.74, 6) is -1.21. The summed E-state index contributed by atoms with van der Waals surface area (Å²) in [6, 6.07) is 0. The van der Waals surface area contributed by atoms with E-state index < -0.39 is 11.8 Å². The molecule has 8 nitrogen and oxygen atoms in total. The minimum absolute atomic E-state index is 0.00691. The van der Waals surface area contributed by atoms with Gasteiger partial charge in [-0.3, -0.25) is 14.5 Å². The summed E-state index contributed by atoms with van der Waals surface area (Å²) in [6.07, 6.45) is 0. The molecule has 26 heavy (non-hydrogen) atoms. The van der Waals surface area contributed by atoms with Crippen molar-refractivity contribution in [3.8, 4) is 0 Å². The van der Waals surface area contributed by atoms with E-state index >= 15 is 0 Å². The van der Waals surface area contributed by atoms with Crippen molar-refractivity contribution in [2.75, 3.05) is 39.5 Å². The number of rotatable bonds is 9. The zero-order chi connectivity index (χ0) is 19.3. The summed E-state index contributed by atoms with van der Waals surface area (Å²) in [7, 11) is 0. The third-order valence-electron chi connectivity index (χ3n) is 3.42. The van der Waals surface area contributed by atoms with E-state index in [-0.39, 0.29) is 70.7 Å². The van der Waals surface area contributed by atoms with Gasteiger partial charge in [-0.2, -0.15) is 0 Å². The first-order chi connectivity index (χ1) is 12.4. The van der Waals surface area contributed by atoms with Gasteiger partial charge < -0.3 is 9.47 Å². The van der Waals surface area contributed by atoms with Crippen LogP contribution in [0.5, 0.6) is 0 Å². The Kier molecular flexibility index (Phi) is 7.79. The Hall–Kier alpha value is -1.25. The van der Waals surface area contributed by atoms with Crippen LogP contribution in [-0.2, 0) is 9.47 Å². The van der Waals surface area contributed by atoms with Crippen LogP contribution in [0.1, 0.15) is 20.7 Å². The monoisotopic (exact) mass is 440 g/mol. The van der Waals surface area contributed by atoms with E-state index in [0.717, 1.165) is 4.90 Å². The van der Waals surface area contributed by atoms with Crippen molar-refractivity contribution in [1.29, 1.82) is 0 Å². The number of nitrogens with zero attached hydrogens (tertiary/aromatic N) is 4. The number of azide groups is 1. The standard InChI is InChI=1S/C14H12Cl4N4O4/c15-9-7-8(10(16)12(18)11(9)17)14(24)22(13(7)23)2-4-26-6-5-25-3-1-20-21-19/h1-6H2. The Morgan fingerprint density at radius 1 is 0.846 bits per heavy atom. The van der Waals surface area contributed by atoms with Crippen molar-refractivity contribution in [1.82, 2.24) is 4.90 Å². The second-order valence-electron chi connectivity index (χ2n) is 4.95. The number of amides is 2. The molecule has 1 aromatic carbocycles. The molecule has 0 fully saturated rings. The zero-order valence-electron chi connectivity index (χ0n) is 13.2. The molecule has 1 aliphatic heterocycles. The molecule has 0 saturated carbocycles. The zero-order valence-corrected chi connectivity index (χ0v) is 16.2. The Bertz CT molecular complexity index is 736. The molecule has 0 spiro atoms. The third-order valence-corrected chi connectivity index (χ3v) is 5.22. The lowest BCUT2D eigenvalue weighted by Crippen LogP contribution is -2.33. The van der Waals surface area contributed by atoms with Crippen LogP contribution in [0.4, 0.5) is 0 Å². The smallest absolute Gasteiger partial charge is 0.263 e. The molecule has 0 aliphatic carbocycles. The molecule has 2 amide bonds. The minimum atomic E-state index is -0.607. The molecule has 0 atom stereocenters. The summed E-state index contributed by atoms with van der Waals surface area (Å²) in [5.41, 5.74) is 7.99. The van der Waals surface area contributed by atoms with Crippen LogP contribution in [0, 0.1) is 0 Å². The van der Waals surface area contributed by atoms with Crippen LogP contribution in [0.25, 0.3) is 10.4 Å². The van der Waals surface area contributed by atoms with Gasteiger partial charge in [0, 0.05) is 11.5 Å². The molecule has 12 heteroatoms. The number of fused-ring (bicyclic) bond motifs is 1. The first-order valence-electron chi connectivity index (χ1n) is 7.30. The molecular formula is C14H12Cl4N4O4. The number of hydrogen-bond donors (Lipinski definition) is 0. The lowest BCUT2D eigenvalue weighted by Gasteiger charge is -2.13. The van der Waals surface area contributed by atoms with E-state index in [0.29, 0.717) is 0 Å². The predicted molar refractivity (Wildman–Crippen MR) is 97.5 cm³/mol. The summed E-state index contributed by atoms with van der Waals surface area (Å²) >= 11 is 24.0. The molecule has 0 N–H and O–H groups in total. The predicted octanol–water partition coefficient (Wildman–Crippen LogP) is 4.24. The van der Waals surface area contributed by atoms with Gasteiger partial charge >= 0.3 is 0 Å². The van der Waals surface area contributed by atoms with Crippen molar-refractivity contribution in [2.24, 2.45) is 5.11 Å². The fourth-order valence-electron chi connectivity index (χ4n) is 2.23. The average Bonchev–Trinajstić information content (AvgIpc) is 2.87. The maximum atomic E-state index is 12.5. The maximum absolute atomic E-state index is 12.5. The fraction of sp³-hybridized carbons (Fsp3) is 0.429. The van der Waals surface area contributed by atoms with E-state index in [1.165, 1.54) is 0 Å². The molecule has 1 aliphatic rings. The average molecular weight is 442 g/mol. The van der Waals surface area contributed by atoms with Crippen molar-refractivity contribution in [2.45, 2.75) is 0 Å². The topological polar surface area (TPSA) is 105 Å². The van der Waals surface area contributed by atoms with Crippen LogP contribution in [0.2, 0.25) is 20.1 Å². The number of imide groups is 1. The van der Waals surface area contributed by atoms with Gasteiger partial charge in [0.25, 0.3) is 11.8 Å². The van der Waals surface area contributed by atoms with Crippen LogP contribution in [-0.4, -0.2) is 56.2 Å². The molecule has 0 bridgehead atoms. The SMILES string of the molecule is [N-]=[N+]=NCCOCCOCCN1C(=O)c2c(Cl)c(Cl)c(Cl)c(Cl)c2C1=O. The maximum Gasteiger partial charge on any atom is 0.263 e. The van der Waals surface area contributed by atoms with Crippen LogP contribution < -0.4 is 0 Å². The van der Waals surface area contributed by atoms with Gasteiger partial charge in [0.1, 0.15) is 0 Å². The van der Waals surface area contributed by atoms with Crippen molar-refractivity contribution in [3.05, 3.63) is 41.7 Å². The second-order valence-corrected chi connectivity index (χ2v) is 6.46. The van der Waals surface area contributed by atoms with Crippen LogP contribution in [0.3, 0.4) is 0 Å². The van der Waals surface area contributed by atoms with Crippen LogP contribution in [0.15, 0.2) is 5.11 Å². The molecule has 0 unspecified atom stereocenters. The number of ether oxygens (including phenoxy) is 2. The number of carbonyl (C=O) groups is 2. The summed E-state index contributed by atoms with van der Waals surface area (Å²) < 4.78 is 10.5. The van der Waals surface area contributed by atoms with Crippen molar-refractivity contribution >= 4 is 58.2 Å². The first kappa shape index (κ1) is 21.1. The summed E-state index contributed by atoms with van der Waals surface area (Å²) in [4.78, 5) is 28.5. The molecule has 2 rings (SSSR count). The largest absolute Gasteiger partial charge is 0.379 e. The first-order valence-corrected chi connectivity index (χ1v) is 8.81. The van der Waals surface area contributed by atoms with Gasteiger partial charge in [-0.15, -0.1) is 0 Å². The number of carbonyl (C=O) groups excluding carboxylic acids is 2. The van der Waals surface area contributed by atoms with Crippen molar-refractivity contribution in [3.63, 3.8) is 0 Å². The van der Waals surface area contributed by atoms with Gasteiger partial charge in [-0.1, -0.05) is 51.5 Å². The van der Waals surface area contributed by atoms with Crippen molar-refractivity contribution < 1.29 is 19.1 Å². The number of benzene rings is 1. The highest BCUT2D eigenvalue weighted by atomic mass is 35.5. The van der Waals surface area contributed by atoms with Gasteiger partial charge in [0.15, 0.2) is 0 Å². The van der Waals surface area contributed by atoms with Gasteiger partial charge in [0.2, 0.25) is 0 Å². The van der Waals surface area contributed by atoms with Gasteiger partial charge in [-0.05, 0) is 5.53 Å². The minimum Gasteiger partial charge on any atom is -0.379 e. The highest BCUT2D eigenvalue weighted by Crippen LogP contribution is 2.44. The molecule has 0 saturated heterocycles. The van der Waals surface area contributed by atoms with E-state index in [1.807, 2.05) is 0 Å². The lowest BCUT2D eigenvalue weighted by molar-refractivity contribution is 0.0372. The number of hydrogen-bond acceptors (Lipinski definition) is 5. The highest BCUT2D eigenvalue weighted by molar-refractivity contribution is 6.55. The van der Waals surface area contributed by atoms with Gasteiger partial charge in [-0.25, -0.2) is 0 Å². The Labute approximate surface area is 168 Å². The molecular weight excluding hydrogens is 430 g/mol. The molecule has 1 aromatic rings. The summed E-state index contributed by atoms with van der Waals surface area (Å²) in [6.45, 7) is 1.15. The Morgan fingerprint density at radius 3 is 1.85 bits per heavy atom. The third kappa shape index (κ3) is 4.35. The molecule has 140 valence electrons. The van der Waals surface area contributed by atoms with E-state index in [4.69, 9.17) is 61.4 Å². The molecule has 0 radical (unpaired) electrons. The fourth-order valence-corrected chi connectivity index (χ4v) is 3.24. The molecule has 0 aromatic heterocycles. The van der Waals surface area contributed by atoms with E-state index in [2.05, 4.69) is 10.0 Å². The second kappa shape index (κ2) is 9.62. The normalized spacial score (nSPS) is 13.2. The Morgan fingerprint density at radius 2 is 1.35 bits per heavy atom.